The molecular weight excluding hydrogens is 252 g/mol. The molecule has 1 nitrogen and oxygen atoms in total. The Morgan fingerprint density at radius 2 is 1.53 bits per heavy atom. The molecule has 0 aliphatic rings. The zero-order valence-corrected chi connectivity index (χ0v) is 9.81. The standard InChI is InChI=1S/C11H6Cl3N/c12-9-3-1-7(5-10(9)13)8-2-4-11(14)15-6-8/h1-6H. The maximum Gasteiger partial charge on any atom is 0.129 e. The molecule has 0 fully saturated rings. The van der Waals surface area contributed by atoms with Crippen LogP contribution in [0.15, 0.2) is 36.5 Å². The van der Waals surface area contributed by atoms with Crippen molar-refractivity contribution < 1.29 is 0 Å². The van der Waals surface area contributed by atoms with Gasteiger partial charge in [-0.3, -0.25) is 0 Å². The molecule has 0 bridgehead atoms. The third-order valence-electron chi connectivity index (χ3n) is 1.98. The van der Waals surface area contributed by atoms with Gasteiger partial charge in [-0.1, -0.05) is 40.9 Å². The molecular formula is C11H6Cl3N. The normalized spacial score (nSPS) is 10.3. The highest BCUT2D eigenvalue weighted by atomic mass is 35.5. The monoisotopic (exact) mass is 257 g/mol. The fourth-order valence-electron chi connectivity index (χ4n) is 1.22. The van der Waals surface area contributed by atoms with Gasteiger partial charge in [0.25, 0.3) is 0 Å². The van der Waals surface area contributed by atoms with Gasteiger partial charge in [-0.05, 0) is 29.8 Å². The summed E-state index contributed by atoms with van der Waals surface area (Å²) in [5.74, 6) is 0. The van der Waals surface area contributed by atoms with E-state index in [0.717, 1.165) is 11.1 Å². The average molecular weight is 259 g/mol. The molecule has 0 spiro atoms. The van der Waals surface area contributed by atoms with Gasteiger partial charge >= 0.3 is 0 Å². The van der Waals surface area contributed by atoms with Gasteiger partial charge in [0.1, 0.15) is 5.15 Å². The van der Waals surface area contributed by atoms with Crippen LogP contribution in [0.25, 0.3) is 11.1 Å². The van der Waals surface area contributed by atoms with Crippen molar-refractivity contribution >= 4 is 34.8 Å². The number of hydrogen-bond acceptors (Lipinski definition) is 1. The molecule has 0 saturated heterocycles. The van der Waals surface area contributed by atoms with Crippen LogP contribution in [0.4, 0.5) is 0 Å². The van der Waals surface area contributed by atoms with E-state index in [4.69, 9.17) is 34.8 Å². The number of aromatic nitrogens is 1. The van der Waals surface area contributed by atoms with Crippen molar-refractivity contribution in [2.24, 2.45) is 0 Å². The number of nitrogens with zero attached hydrogens (tertiary/aromatic N) is 1. The Bertz CT molecular complexity index is 480. The molecule has 15 heavy (non-hydrogen) atoms. The number of pyridine rings is 1. The summed E-state index contributed by atoms with van der Waals surface area (Å²) in [6.45, 7) is 0. The molecule has 1 heterocycles. The Kier molecular flexibility index (Phi) is 3.15. The molecule has 0 N–H and O–H groups in total. The SMILES string of the molecule is Clc1ccc(-c2ccc(Cl)c(Cl)c2)cn1. The van der Waals surface area contributed by atoms with Crippen LogP contribution in [0.2, 0.25) is 15.2 Å². The summed E-state index contributed by atoms with van der Waals surface area (Å²) >= 11 is 17.4. The van der Waals surface area contributed by atoms with Crippen molar-refractivity contribution in [2.45, 2.75) is 0 Å². The van der Waals surface area contributed by atoms with E-state index in [1.165, 1.54) is 0 Å². The maximum atomic E-state index is 5.92. The fourth-order valence-corrected chi connectivity index (χ4v) is 1.63. The van der Waals surface area contributed by atoms with E-state index in [1.807, 2.05) is 12.1 Å². The number of benzene rings is 1. The lowest BCUT2D eigenvalue weighted by Crippen LogP contribution is -1.80. The van der Waals surface area contributed by atoms with E-state index in [0.29, 0.717) is 15.2 Å². The van der Waals surface area contributed by atoms with E-state index in [1.54, 1.807) is 24.4 Å². The van der Waals surface area contributed by atoms with Crippen molar-refractivity contribution in [2.75, 3.05) is 0 Å². The van der Waals surface area contributed by atoms with Gasteiger partial charge in [0.05, 0.1) is 10.0 Å². The van der Waals surface area contributed by atoms with Gasteiger partial charge < -0.3 is 0 Å². The summed E-state index contributed by atoms with van der Waals surface area (Å²) in [5.41, 5.74) is 1.92. The number of rotatable bonds is 1. The van der Waals surface area contributed by atoms with Crippen LogP contribution >= 0.6 is 34.8 Å². The van der Waals surface area contributed by atoms with E-state index in [9.17, 15) is 0 Å². The van der Waals surface area contributed by atoms with E-state index in [-0.39, 0.29) is 0 Å². The first-order valence-corrected chi connectivity index (χ1v) is 5.37. The number of halogens is 3. The highest BCUT2D eigenvalue weighted by Gasteiger charge is 2.02. The van der Waals surface area contributed by atoms with Gasteiger partial charge in [-0.2, -0.15) is 0 Å². The first kappa shape index (κ1) is 10.7. The molecule has 2 rings (SSSR count). The number of hydrogen-bond donors (Lipinski definition) is 0. The van der Waals surface area contributed by atoms with Gasteiger partial charge in [-0.15, -0.1) is 0 Å². The van der Waals surface area contributed by atoms with Gasteiger partial charge in [0.15, 0.2) is 0 Å². The summed E-state index contributed by atoms with van der Waals surface area (Å²) < 4.78 is 0. The third kappa shape index (κ3) is 2.43. The third-order valence-corrected chi connectivity index (χ3v) is 2.94. The highest BCUT2D eigenvalue weighted by Crippen LogP contribution is 2.28. The van der Waals surface area contributed by atoms with Gasteiger partial charge in [0.2, 0.25) is 0 Å². The zero-order valence-electron chi connectivity index (χ0n) is 7.55. The minimum Gasteiger partial charge on any atom is -0.244 e. The molecule has 0 unspecified atom stereocenters. The van der Waals surface area contributed by atoms with Crippen LogP contribution in [-0.2, 0) is 0 Å². The van der Waals surface area contributed by atoms with Crippen molar-refractivity contribution in [1.29, 1.82) is 0 Å². The van der Waals surface area contributed by atoms with E-state index < -0.39 is 0 Å². The predicted octanol–water partition coefficient (Wildman–Crippen LogP) is 4.71. The second-order valence-corrected chi connectivity index (χ2v) is 4.20. The summed E-state index contributed by atoms with van der Waals surface area (Å²) in [7, 11) is 0. The van der Waals surface area contributed by atoms with Crippen LogP contribution in [0.5, 0.6) is 0 Å². The lowest BCUT2D eigenvalue weighted by molar-refractivity contribution is 1.33. The van der Waals surface area contributed by atoms with Crippen molar-refractivity contribution in [1.82, 2.24) is 4.98 Å². The topological polar surface area (TPSA) is 12.9 Å². The molecule has 1 aromatic heterocycles. The van der Waals surface area contributed by atoms with Crippen molar-refractivity contribution in [3.8, 4) is 11.1 Å². The van der Waals surface area contributed by atoms with Crippen LogP contribution < -0.4 is 0 Å². The van der Waals surface area contributed by atoms with Crippen molar-refractivity contribution in [3.63, 3.8) is 0 Å². The fraction of sp³-hybridized carbons (Fsp3) is 0. The van der Waals surface area contributed by atoms with Crippen LogP contribution in [0.3, 0.4) is 0 Å². The quantitative estimate of drug-likeness (QED) is 0.675. The second-order valence-electron chi connectivity index (χ2n) is 3.00. The Morgan fingerprint density at radius 3 is 2.13 bits per heavy atom. The van der Waals surface area contributed by atoms with Gasteiger partial charge in [0, 0.05) is 11.8 Å². The van der Waals surface area contributed by atoms with Crippen LogP contribution in [0.1, 0.15) is 0 Å². The summed E-state index contributed by atoms with van der Waals surface area (Å²) in [6.07, 6.45) is 1.70. The Hall–Kier alpha value is -0.760. The summed E-state index contributed by atoms with van der Waals surface area (Å²) in [4.78, 5) is 4.00. The molecule has 0 saturated carbocycles. The molecule has 4 heteroatoms. The minimum atomic E-state index is 0.471. The predicted molar refractivity (Wildman–Crippen MR) is 64.7 cm³/mol. The lowest BCUT2D eigenvalue weighted by atomic mass is 10.1. The molecule has 0 aliphatic heterocycles. The first-order chi connectivity index (χ1) is 7.16. The minimum absolute atomic E-state index is 0.471. The highest BCUT2D eigenvalue weighted by molar-refractivity contribution is 6.42. The molecule has 0 amide bonds. The second kappa shape index (κ2) is 4.40. The zero-order chi connectivity index (χ0) is 10.8. The smallest absolute Gasteiger partial charge is 0.129 e. The molecule has 0 atom stereocenters. The maximum absolute atomic E-state index is 5.92. The van der Waals surface area contributed by atoms with Gasteiger partial charge in [-0.25, -0.2) is 4.98 Å². The summed E-state index contributed by atoms with van der Waals surface area (Å²) in [6, 6.07) is 9.07. The van der Waals surface area contributed by atoms with Crippen molar-refractivity contribution in [3.05, 3.63) is 51.7 Å². The summed E-state index contributed by atoms with van der Waals surface area (Å²) in [5, 5.41) is 1.55. The van der Waals surface area contributed by atoms with Crippen LogP contribution in [-0.4, -0.2) is 4.98 Å². The van der Waals surface area contributed by atoms with E-state index >= 15 is 0 Å². The molecule has 76 valence electrons. The Balaban J connectivity index is 2.45. The molecule has 2 aromatic rings. The average Bonchev–Trinajstić information content (AvgIpc) is 2.23. The lowest BCUT2D eigenvalue weighted by Gasteiger charge is -2.02. The van der Waals surface area contributed by atoms with E-state index in [2.05, 4.69) is 4.98 Å². The largest absolute Gasteiger partial charge is 0.244 e. The molecule has 0 aliphatic carbocycles. The first-order valence-electron chi connectivity index (χ1n) is 4.24. The Labute approximate surface area is 103 Å². The van der Waals surface area contributed by atoms with Crippen LogP contribution in [0, 0.1) is 0 Å². The Morgan fingerprint density at radius 1 is 0.800 bits per heavy atom. The molecule has 0 radical (unpaired) electrons. The molecule has 1 aromatic carbocycles.